The van der Waals surface area contributed by atoms with Crippen LogP contribution >= 0.6 is 11.3 Å². The molecular formula is C18H20N4O4S2. The van der Waals surface area contributed by atoms with E-state index in [2.05, 4.69) is 22.3 Å². The second kappa shape index (κ2) is 6.93. The number of hydrazone groups is 1. The van der Waals surface area contributed by atoms with Crippen molar-refractivity contribution < 1.29 is 18.0 Å². The number of nitrogens with one attached hydrogen (secondary N) is 1. The van der Waals surface area contributed by atoms with E-state index >= 15 is 0 Å². The zero-order valence-corrected chi connectivity index (χ0v) is 17.1. The molecule has 0 saturated carbocycles. The summed E-state index contributed by atoms with van der Waals surface area (Å²) in [7, 11) is -3.15. The predicted octanol–water partition coefficient (Wildman–Crippen LogP) is 1.82. The summed E-state index contributed by atoms with van der Waals surface area (Å²) in [4.78, 5) is 29.9. The summed E-state index contributed by atoms with van der Waals surface area (Å²) in [6.07, 6.45) is 1.26. The Morgan fingerprint density at radius 3 is 2.86 bits per heavy atom. The minimum Gasteiger partial charge on any atom is -0.301 e. The van der Waals surface area contributed by atoms with E-state index in [1.807, 2.05) is 18.2 Å². The number of carbonyl (C=O) groups is 2. The normalized spacial score (nSPS) is 24.0. The number of thiazole rings is 1. The molecule has 8 nitrogen and oxygen atoms in total. The molecule has 2 aromatic rings. The number of aryl methyl sites for hydroxylation is 1. The highest BCUT2D eigenvalue weighted by atomic mass is 32.2. The number of benzene rings is 1. The van der Waals surface area contributed by atoms with Crippen molar-refractivity contribution in [1.29, 1.82) is 0 Å². The van der Waals surface area contributed by atoms with Gasteiger partial charge in [0.25, 0.3) is 5.91 Å². The first-order valence-electron chi connectivity index (χ1n) is 9.06. The van der Waals surface area contributed by atoms with E-state index < -0.39 is 33.6 Å². The number of anilines is 1. The number of sulfone groups is 1. The van der Waals surface area contributed by atoms with Crippen molar-refractivity contribution in [1.82, 2.24) is 9.99 Å². The van der Waals surface area contributed by atoms with Crippen LogP contribution in [0.15, 0.2) is 23.3 Å². The van der Waals surface area contributed by atoms with Crippen LogP contribution in [0.1, 0.15) is 25.8 Å². The third-order valence-electron chi connectivity index (χ3n) is 5.06. The minimum atomic E-state index is -3.15. The lowest BCUT2D eigenvalue weighted by Crippen LogP contribution is -2.40. The predicted molar refractivity (Wildman–Crippen MR) is 108 cm³/mol. The standard InChI is InChI=1S/C18H20N4O4S2/c1-3-11-4-5-13-14(8-11)27-18(19-13)20-16(23)15-10(2)21-22(17(15)24)12-6-7-28(25,26)9-12/h4-5,8,12,15H,3,6-7,9H2,1-2H3,(H,19,20,23)/t12-,15+/m1/s1. The van der Waals surface area contributed by atoms with Crippen LogP contribution in [-0.4, -0.2) is 53.5 Å². The van der Waals surface area contributed by atoms with Crippen LogP contribution in [0.4, 0.5) is 5.13 Å². The van der Waals surface area contributed by atoms with Crippen molar-refractivity contribution in [2.24, 2.45) is 11.0 Å². The monoisotopic (exact) mass is 420 g/mol. The van der Waals surface area contributed by atoms with Gasteiger partial charge in [-0.1, -0.05) is 24.3 Å². The Morgan fingerprint density at radius 1 is 1.39 bits per heavy atom. The van der Waals surface area contributed by atoms with Crippen LogP contribution in [0.25, 0.3) is 10.2 Å². The number of nitrogens with zero attached hydrogens (tertiary/aromatic N) is 3. The molecule has 2 amide bonds. The SMILES string of the molecule is CCc1ccc2nc(NC(=O)[C@H]3C(=O)N([C@@H]4CCS(=O)(=O)C4)N=C3C)sc2c1. The van der Waals surface area contributed by atoms with Gasteiger partial charge < -0.3 is 5.32 Å². The van der Waals surface area contributed by atoms with E-state index in [0.717, 1.165) is 16.6 Å². The van der Waals surface area contributed by atoms with Gasteiger partial charge >= 0.3 is 0 Å². The summed E-state index contributed by atoms with van der Waals surface area (Å²) in [5.41, 5.74) is 2.34. The topological polar surface area (TPSA) is 109 Å². The van der Waals surface area contributed by atoms with Gasteiger partial charge in [0, 0.05) is 0 Å². The zero-order chi connectivity index (χ0) is 20.1. The van der Waals surface area contributed by atoms with Crippen LogP contribution in [-0.2, 0) is 25.8 Å². The van der Waals surface area contributed by atoms with Gasteiger partial charge in [-0.2, -0.15) is 5.10 Å². The van der Waals surface area contributed by atoms with Crippen LogP contribution in [0, 0.1) is 5.92 Å². The smallest absolute Gasteiger partial charge is 0.261 e. The number of hydrogen-bond donors (Lipinski definition) is 1. The van der Waals surface area contributed by atoms with E-state index in [4.69, 9.17) is 0 Å². The van der Waals surface area contributed by atoms with Crippen molar-refractivity contribution in [3.63, 3.8) is 0 Å². The molecule has 0 radical (unpaired) electrons. The molecule has 0 spiro atoms. The molecule has 2 aliphatic heterocycles. The fourth-order valence-electron chi connectivity index (χ4n) is 3.54. The minimum absolute atomic E-state index is 0.0400. The zero-order valence-electron chi connectivity index (χ0n) is 15.5. The van der Waals surface area contributed by atoms with E-state index in [1.54, 1.807) is 6.92 Å². The number of carbonyl (C=O) groups excluding carboxylic acids is 2. The van der Waals surface area contributed by atoms with Gasteiger partial charge in [-0.25, -0.2) is 18.4 Å². The third kappa shape index (κ3) is 3.42. The Hall–Kier alpha value is -2.33. The Bertz CT molecular complexity index is 1110. The Kier molecular flexibility index (Phi) is 4.70. The number of amides is 2. The summed E-state index contributed by atoms with van der Waals surface area (Å²) in [6, 6.07) is 5.45. The molecular weight excluding hydrogens is 400 g/mol. The molecule has 0 bridgehead atoms. The Balaban J connectivity index is 1.51. The molecule has 1 aromatic heterocycles. The molecule has 1 fully saturated rings. The summed E-state index contributed by atoms with van der Waals surface area (Å²) >= 11 is 1.36. The van der Waals surface area contributed by atoms with Crippen molar-refractivity contribution in [3.05, 3.63) is 23.8 Å². The lowest BCUT2D eigenvalue weighted by Gasteiger charge is -2.19. The molecule has 0 unspecified atom stereocenters. The van der Waals surface area contributed by atoms with E-state index in [-0.39, 0.29) is 11.5 Å². The number of aromatic nitrogens is 1. The first kappa shape index (κ1) is 19.0. The Morgan fingerprint density at radius 2 is 2.18 bits per heavy atom. The second-order valence-electron chi connectivity index (χ2n) is 7.08. The van der Waals surface area contributed by atoms with Gasteiger partial charge in [-0.15, -0.1) is 0 Å². The first-order chi connectivity index (χ1) is 13.3. The molecule has 1 saturated heterocycles. The summed E-state index contributed by atoms with van der Waals surface area (Å²) in [6.45, 7) is 3.68. The molecule has 2 atom stereocenters. The largest absolute Gasteiger partial charge is 0.301 e. The second-order valence-corrected chi connectivity index (χ2v) is 10.3. The number of rotatable bonds is 4. The highest BCUT2D eigenvalue weighted by Gasteiger charge is 2.45. The fraction of sp³-hybridized carbons (Fsp3) is 0.444. The molecule has 10 heteroatoms. The molecule has 3 heterocycles. The quantitative estimate of drug-likeness (QED) is 0.759. The van der Waals surface area contributed by atoms with Gasteiger partial charge in [-0.3, -0.25) is 9.59 Å². The molecule has 2 aliphatic rings. The maximum absolute atomic E-state index is 12.7. The Labute approximate surface area is 166 Å². The van der Waals surface area contributed by atoms with Gasteiger partial charge in [0.05, 0.1) is 33.5 Å². The number of hydrogen-bond acceptors (Lipinski definition) is 7. The molecule has 1 aromatic carbocycles. The fourth-order valence-corrected chi connectivity index (χ4v) is 6.16. The maximum atomic E-state index is 12.7. The van der Waals surface area contributed by atoms with E-state index in [1.165, 1.54) is 21.9 Å². The van der Waals surface area contributed by atoms with Gasteiger partial charge in [-0.05, 0) is 37.5 Å². The van der Waals surface area contributed by atoms with E-state index in [9.17, 15) is 18.0 Å². The van der Waals surface area contributed by atoms with Crippen LogP contribution in [0.2, 0.25) is 0 Å². The van der Waals surface area contributed by atoms with Crippen LogP contribution < -0.4 is 5.32 Å². The molecule has 1 N–H and O–H groups in total. The van der Waals surface area contributed by atoms with Crippen molar-refractivity contribution in [3.8, 4) is 0 Å². The lowest BCUT2D eigenvalue weighted by molar-refractivity contribution is -0.137. The molecule has 28 heavy (non-hydrogen) atoms. The average Bonchev–Trinajstić information content (AvgIpc) is 3.28. The summed E-state index contributed by atoms with van der Waals surface area (Å²) in [5.74, 6) is -2.10. The summed E-state index contributed by atoms with van der Waals surface area (Å²) < 4.78 is 24.4. The first-order valence-corrected chi connectivity index (χ1v) is 11.7. The average molecular weight is 421 g/mol. The van der Waals surface area contributed by atoms with E-state index in [0.29, 0.717) is 17.3 Å². The van der Waals surface area contributed by atoms with Crippen LogP contribution in [0.5, 0.6) is 0 Å². The van der Waals surface area contributed by atoms with Gasteiger partial charge in [0.2, 0.25) is 5.91 Å². The lowest BCUT2D eigenvalue weighted by atomic mass is 10.0. The van der Waals surface area contributed by atoms with Gasteiger partial charge in [0.1, 0.15) is 0 Å². The highest BCUT2D eigenvalue weighted by molar-refractivity contribution is 7.91. The third-order valence-corrected chi connectivity index (χ3v) is 7.75. The molecule has 0 aliphatic carbocycles. The van der Waals surface area contributed by atoms with Crippen molar-refractivity contribution >= 4 is 54.0 Å². The molecule has 4 rings (SSSR count). The number of fused-ring (bicyclic) bond motifs is 1. The van der Waals surface area contributed by atoms with Gasteiger partial charge in [0.15, 0.2) is 20.9 Å². The maximum Gasteiger partial charge on any atom is 0.261 e. The highest BCUT2D eigenvalue weighted by Crippen LogP contribution is 2.29. The van der Waals surface area contributed by atoms with Crippen molar-refractivity contribution in [2.45, 2.75) is 32.7 Å². The van der Waals surface area contributed by atoms with Crippen molar-refractivity contribution in [2.75, 3.05) is 16.8 Å². The summed E-state index contributed by atoms with van der Waals surface area (Å²) in [5, 5.41) is 8.51. The molecule has 148 valence electrons. The van der Waals surface area contributed by atoms with Crippen LogP contribution in [0.3, 0.4) is 0 Å².